The Morgan fingerprint density at radius 1 is 0.840 bits per heavy atom. The third-order valence-corrected chi connectivity index (χ3v) is 3.80. The molecule has 0 saturated heterocycles. The van der Waals surface area contributed by atoms with E-state index in [-0.39, 0.29) is 5.92 Å². The second-order valence-corrected chi connectivity index (χ2v) is 5.55. The van der Waals surface area contributed by atoms with Crippen molar-refractivity contribution >= 4 is 11.6 Å². The molecule has 0 fully saturated rings. The standard InChI is InChI=1S/C23H14N2/c24-16-21-11-13-22(14-12-21)23(17-25)15-20-9-7-19(8-10-20)6-5-18-3-1-2-4-18/h1-4,7-15,18H/b23-15+. The van der Waals surface area contributed by atoms with Crippen molar-refractivity contribution in [2.45, 2.75) is 0 Å². The van der Waals surface area contributed by atoms with Gasteiger partial charge in [-0.3, -0.25) is 0 Å². The molecule has 0 heterocycles. The average Bonchev–Trinajstić information content (AvgIpc) is 3.19. The summed E-state index contributed by atoms with van der Waals surface area (Å²) in [7, 11) is 0. The first-order valence-electron chi connectivity index (χ1n) is 7.87. The summed E-state index contributed by atoms with van der Waals surface area (Å²) >= 11 is 0. The molecule has 1 aliphatic rings. The van der Waals surface area contributed by atoms with Crippen LogP contribution in [0.5, 0.6) is 0 Å². The molecule has 2 nitrogen and oxygen atoms in total. The van der Waals surface area contributed by atoms with Gasteiger partial charge in [0.05, 0.1) is 29.2 Å². The monoisotopic (exact) mass is 318 g/mol. The maximum atomic E-state index is 9.41. The predicted octanol–water partition coefficient (Wildman–Crippen LogP) is 4.72. The van der Waals surface area contributed by atoms with Crippen LogP contribution >= 0.6 is 0 Å². The predicted molar refractivity (Wildman–Crippen MR) is 99.7 cm³/mol. The van der Waals surface area contributed by atoms with Crippen LogP contribution in [0.25, 0.3) is 11.6 Å². The highest BCUT2D eigenvalue weighted by molar-refractivity contribution is 5.89. The third-order valence-electron chi connectivity index (χ3n) is 3.80. The maximum absolute atomic E-state index is 9.41. The van der Waals surface area contributed by atoms with E-state index in [0.29, 0.717) is 11.1 Å². The molecule has 0 bridgehead atoms. The molecule has 0 amide bonds. The summed E-state index contributed by atoms with van der Waals surface area (Å²) in [4.78, 5) is 0. The number of nitriles is 2. The van der Waals surface area contributed by atoms with E-state index in [9.17, 15) is 5.26 Å². The molecule has 0 N–H and O–H groups in total. The summed E-state index contributed by atoms with van der Waals surface area (Å²) in [6, 6.07) is 19.1. The van der Waals surface area contributed by atoms with E-state index in [4.69, 9.17) is 5.26 Å². The molecule has 25 heavy (non-hydrogen) atoms. The Balaban J connectivity index is 1.79. The summed E-state index contributed by atoms with van der Waals surface area (Å²) in [5, 5.41) is 18.3. The van der Waals surface area contributed by atoms with Gasteiger partial charge in [0.25, 0.3) is 0 Å². The van der Waals surface area contributed by atoms with Crippen LogP contribution in [0.15, 0.2) is 72.8 Å². The maximum Gasteiger partial charge on any atom is 0.0998 e. The van der Waals surface area contributed by atoms with Crippen molar-refractivity contribution in [3.8, 4) is 24.0 Å². The van der Waals surface area contributed by atoms with Crippen LogP contribution in [0.2, 0.25) is 0 Å². The first-order valence-corrected chi connectivity index (χ1v) is 7.87. The van der Waals surface area contributed by atoms with Crippen molar-refractivity contribution < 1.29 is 0 Å². The van der Waals surface area contributed by atoms with Crippen molar-refractivity contribution in [3.63, 3.8) is 0 Å². The number of benzene rings is 2. The highest BCUT2D eigenvalue weighted by Gasteiger charge is 2.02. The van der Waals surface area contributed by atoms with E-state index in [0.717, 1.165) is 16.7 Å². The zero-order valence-corrected chi connectivity index (χ0v) is 13.5. The van der Waals surface area contributed by atoms with E-state index in [1.165, 1.54) is 0 Å². The first-order chi connectivity index (χ1) is 12.3. The molecule has 2 heteroatoms. The molecule has 2 aromatic carbocycles. The summed E-state index contributed by atoms with van der Waals surface area (Å²) < 4.78 is 0. The summed E-state index contributed by atoms with van der Waals surface area (Å²) in [5.74, 6) is 6.54. The molecule has 0 radical (unpaired) electrons. The Morgan fingerprint density at radius 2 is 1.48 bits per heavy atom. The summed E-state index contributed by atoms with van der Waals surface area (Å²) in [5.41, 5.74) is 3.82. The zero-order chi connectivity index (χ0) is 17.5. The molecule has 0 aliphatic heterocycles. The Bertz CT molecular complexity index is 981. The van der Waals surface area contributed by atoms with Gasteiger partial charge in [-0.25, -0.2) is 0 Å². The number of nitrogens with zero attached hydrogens (tertiary/aromatic N) is 2. The molecule has 116 valence electrons. The minimum absolute atomic E-state index is 0.196. The lowest BCUT2D eigenvalue weighted by molar-refractivity contribution is 1.15. The van der Waals surface area contributed by atoms with E-state index >= 15 is 0 Å². The van der Waals surface area contributed by atoms with E-state index in [1.54, 1.807) is 24.3 Å². The van der Waals surface area contributed by atoms with Crippen molar-refractivity contribution in [3.05, 3.63) is 95.1 Å². The van der Waals surface area contributed by atoms with Crippen LogP contribution in [0, 0.1) is 40.4 Å². The fraction of sp³-hybridized carbons (Fsp3) is 0.0435. The number of hydrogen-bond acceptors (Lipinski definition) is 2. The topological polar surface area (TPSA) is 47.6 Å². The van der Waals surface area contributed by atoms with Crippen LogP contribution in [0.3, 0.4) is 0 Å². The minimum atomic E-state index is 0.196. The second kappa shape index (κ2) is 7.65. The van der Waals surface area contributed by atoms with Crippen LogP contribution in [-0.2, 0) is 0 Å². The summed E-state index contributed by atoms with van der Waals surface area (Å²) in [6.45, 7) is 0. The Labute approximate surface area is 147 Å². The van der Waals surface area contributed by atoms with Crippen molar-refractivity contribution in [1.29, 1.82) is 10.5 Å². The Morgan fingerprint density at radius 3 is 2.08 bits per heavy atom. The van der Waals surface area contributed by atoms with Crippen LogP contribution in [0.4, 0.5) is 0 Å². The lowest BCUT2D eigenvalue weighted by atomic mass is 10.0. The first kappa shape index (κ1) is 16.1. The second-order valence-electron chi connectivity index (χ2n) is 5.55. The van der Waals surface area contributed by atoms with Crippen molar-refractivity contribution in [2.75, 3.05) is 0 Å². The normalized spacial score (nSPS) is 13.0. The smallest absolute Gasteiger partial charge is 0.0998 e. The van der Waals surface area contributed by atoms with Gasteiger partial charge >= 0.3 is 0 Å². The fourth-order valence-electron chi connectivity index (χ4n) is 2.43. The lowest BCUT2D eigenvalue weighted by Crippen LogP contribution is -1.84. The molecule has 2 aromatic rings. The van der Waals surface area contributed by atoms with E-state index in [1.807, 2.05) is 42.5 Å². The Hall–Kier alpha value is -3.80. The van der Waals surface area contributed by atoms with Crippen LogP contribution < -0.4 is 0 Å². The van der Waals surface area contributed by atoms with Crippen LogP contribution in [0.1, 0.15) is 22.3 Å². The molecular weight excluding hydrogens is 304 g/mol. The molecule has 0 spiro atoms. The van der Waals surface area contributed by atoms with Gasteiger partial charge in [0, 0.05) is 5.56 Å². The van der Waals surface area contributed by atoms with Crippen LogP contribution in [-0.4, -0.2) is 0 Å². The highest BCUT2D eigenvalue weighted by Crippen LogP contribution is 2.18. The number of rotatable bonds is 2. The molecule has 3 rings (SSSR count). The van der Waals surface area contributed by atoms with Gasteiger partial charge in [-0.15, -0.1) is 0 Å². The molecule has 0 unspecified atom stereocenters. The SMILES string of the molecule is N#C/C(=C\c1ccc(C#CC2C=CC=C2)cc1)c1ccc(C#N)cc1. The average molecular weight is 318 g/mol. The lowest BCUT2D eigenvalue weighted by Gasteiger charge is -2.00. The summed E-state index contributed by atoms with van der Waals surface area (Å²) in [6.07, 6.45) is 9.95. The van der Waals surface area contributed by atoms with Gasteiger partial charge in [-0.1, -0.05) is 60.4 Å². The molecule has 0 aromatic heterocycles. The largest absolute Gasteiger partial charge is 0.192 e. The minimum Gasteiger partial charge on any atom is -0.192 e. The number of allylic oxidation sites excluding steroid dienone is 5. The van der Waals surface area contributed by atoms with E-state index in [2.05, 4.69) is 36.1 Å². The quantitative estimate of drug-likeness (QED) is 0.457. The fourth-order valence-corrected chi connectivity index (χ4v) is 2.43. The van der Waals surface area contributed by atoms with Crippen molar-refractivity contribution in [1.82, 2.24) is 0 Å². The van der Waals surface area contributed by atoms with E-state index < -0.39 is 0 Å². The molecule has 1 aliphatic carbocycles. The molecule has 0 saturated carbocycles. The zero-order valence-electron chi connectivity index (χ0n) is 13.5. The Kier molecular flexibility index (Phi) is 4.92. The third kappa shape index (κ3) is 4.14. The van der Waals surface area contributed by atoms with Gasteiger partial charge in [0.1, 0.15) is 0 Å². The van der Waals surface area contributed by atoms with Crippen molar-refractivity contribution in [2.24, 2.45) is 5.92 Å². The molecular formula is C23H14N2. The van der Waals surface area contributed by atoms with Gasteiger partial charge in [0.15, 0.2) is 0 Å². The van der Waals surface area contributed by atoms with Gasteiger partial charge in [-0.05, 0) is 41.5 Å². The van der Waals surface area contributed by atoms with Gasteiger partial charge in [0.2, 0.25) is 0 Å². The van der Waals surface area contributed by atoms with Gasteiger partial charge < -0.3 is 0 Å². The number of hydrogen-bond donors (Lipinski definition) is 0. The highest BCUT2D eigenvalue weighted by atomic mass is 14.3. The molecule has 0 atom stereocenters. The van der Waals surface area contributed by atoms with Gasteiger partial charge in [-0.2, -0.15) is 10.5 Å².